The lowest BCUT2D eigenvalue weighted by molar-refractivity contribution is 0.272. The Morgan fingerprint density at radius 2 is 2.06 bits per heavy atom. The van der Waals surface area contributed by atoms with E-state index in [-0.39, 0.29) is 0 Å². The van der Waals surface area contributed by atoms with E-state index in [4.69, 9.17) is 5.73 Å². The first kappa shape index (κ1) is 12.4. The highest BCUT2D eigenvalue weighted by atomic mass is 15.1. The molecule has 2 N–H and O–H groups in total. The second-order valence-corrected chi connectivity index (χ2v) is 5.03. The number of hydrogen-bond acceptors (Lipinski definition) is 2. The Labute approximate surface area is 105 Å². The standard InChI is InChI=1S/C15H24N2/c1-3-17(4-2)11-13-7-5-6-12-10-14(16)8-9-15(12)13/h8-10,13H,3-7,11,16H2,1-2H3. The van der Waals surface area contributed by atoms with Crippen molar-refractivity contribution in [2.45, 2.75) is 39.0 Å². The van der Waals surface area contributed by atoms with Crippen molar-refractivity contribution in [1.29, 1.82) is 0 Å². The zero-order chi connectivity index (χ0) is 12.3. The molecule has 0 bridgehead atoms. The number of anilines is 1. The molecule has 2 rings (SSSR count). The summed E-state index contributed by atoms with van der Waals surface area (Å²) in [4.78, 5) is 2.52. The van der Waals surface area contributed by atoms with Crippen LogP contribution in [0.3, 0.4) is 0 Å². The summed E-state index contributed by atoms with van der Waals surface area (Å²) in [6, 6.07) is 6.47. The van der Waals surface area contributed by atoms with E-state index >= 15 is 0 Å². The minimum Gasteiger partial charge on any atom is -0.399 e. The van der Waals surface area contributed by atoms with Crippen LogP contribution in [-0.4, -0.2) is 24.5 Å². The van der Waals surface area contributed by atoms with Crippen LogP contribution in [0.5, 0.6) is 0 Å². The monoisotopic (exact) mass is 232 g/mol. The van der Waals surface area contributed by atoms with Crippen molar-refractivity contribution >= 4 is 5.69 Å². The molecule has 2 heteroatoms. The Hall–Kier alpha value is -1.02. The van der Waals surface area contributed by atoms with Crippen molar-refractivity contribution in [3.05, 3.63) is 29.3 Å². The second-order valence-electron chi connectivity index (χ2n) is 5.03. The third-order valence-electron chi connectivity index (χ3n) is 3.98. The molecule has 0 saturated heterocycles. The van der Waals surface area contributed by atoms with Crippen molar-refractivity contribution in [2.75, 3.05) is 25.4 Å². The Bertz CT molecular complexity index is 369. The maximum atomic E-state index is 5.87. The summed E-state index contributed by atoms with van der Waals surface area (Å²) in [5.41, 5.74) is 9.80. The molecule has 0 aromatic heterocycles. The Kier molecular flexibility index (Phi) is 4.06. The number of aryl methyl sites for hydroxylation is 1. The molecule has 1 aliphatic rings. The molecule has 1 unspecified atom stereocenters. The van der Waals surface area contributed by atoms with Crippen LogP contribution < -0.4 is 5.73 Å². The zero-order valence-electron chi connectivity index (χ0n) is 11.1. The highest BCUT2D eigenvalue weighted by molar-refractivity contribution is 5.46. The van der Waals surface area contributed by atoms with Crippen LogP contribution in [0.4, 0.5) is 5.69 Å². The maximum absolute atomic E-state index is 5.87. The fraction of sp³-hybridized carbons (Fsp3) is 0.600. The predicted molar refractivity (Wildman–Crippen MR) is 74.3 cm³/mol. The van der Waals surface area contributed by atoms with Crippen molar-refractivity contribution in [3.63, 3.8) is 0 Å². The lowest BCUT2D eigenvalue weighted by Gasteiger charge is -2.30. The summed E-state index contributed by atoms with van der Waals surface area (Å²) in [6.45, 7) is 7.99. The van der Waals surface area contributed by atoms with E-state index in [0.717, 1.165) is 18.8 Å². The molecular formula is C15H24N2. The van der Waals surface area contributed by atoms with Crippen molar-refractivity contribution in [3.8, 4) is 0 Å². The largest absolute Gasteiger partial charge is 0.399 e. The van der Waals surface area contributed by atoms with Gasteiger partial charge in [-0.3, -0.25) is 0 Å². The molecule has 17 heavy (non-hydrogen) atoms. The molecule has 0 aliphatic heterocycles. The van der Waals surface area contributed by atoms with Crippen LogP contribution in [0.1, 0.15) is 43.7 Å². The van der Waals surface area contributed by atoms with Gasteiger partial charge in [0.1, 0.15) is 0 Å². The fourth-order valence-electron chi connectivity index (χ4n) is 2.92. The van der Waals surface area contributed by atoms with Crippen LogP contribution in [0.15, 0.2) is 18.2 Å². The van der Waals surface area contributed by atoms with E-state index in [9.17, 15) is 0 Å². The first-order valence-electron chi connectivity index (χ1n) is 6.85. The molecule has 0 radical (unpaired) electrons. The lowest BCUT2D eigenvalue weighted by atomic mass is 9.82. The third kappa shape index (κ3) is 2.81. The van der Waals surface area contributed by atoms with Gasteiger partial charge in [0.25, 0.3) is 0 Å². The number of fused-ring (bicyclic) bond motifs is 1. The van der Waals surface area contributed by atoms with Gasteiger partial charge in [-0.25, -0.2) is 0 Å². The van der Waals surface area contributed by atoms with Gasteiger partial charge in [-0.2, -0.15) is 0 Å². The van der Waals surface area contributed by atoms with Crippen LogP contribution >= 0.6 is 0 Å². The summed E-state index contributed by atoms with van der Waals surface area (Å²) in [5, 5.41) is 0. The number of rotatable bonds is 4. The first-order valence-corrected chi connectivity index (χ1v) is 6.85. The number of nitrogens with two attached hydrogens (primary N) is 1. The van der Waals surface area contributed by atoms with Gasteiger partial charge in [-0.15, -0.1) is 0 Å². The Balaban J connectivity index is 2.16. The van der Waals surface area contributed by atoms with Crippen LogP contribution in [0.2, 0.25) is 0 Å². The Morgan fingerprint density at radius 1 is 1.29 bits per heavy atom. The Morgan fingerprint density at radius 3 is 2.76 bits per heavy atom. The number of likely N-dealkylation sites (N-methyl/N-ethyl adjacent to an activating group) is 1. The molecule has 0 fully saturated rings. The average molecular weight is 232 g/mol. The van der Waals surface area contributed by atoms with Gasteiger partial charge in [0.2, 0.25) is 0 Å². The molecule has 1 aromatic rings. The molecule has 94 valence electrons. The molecule has 0 heterocycles. The van der Waals surface area contributed by atoms with E-state index in [0.29, 0.717) is 5.92 Å². The second kappa shape index (κ2) is 5.54. The van der Waals surface area contributed by atoms with Crippen LogP contribution in [0, 0.1) is 0 Å². The van der Waals surface area contributed by atoms with Gasteiger partial charge in [0, 0.05) is 12.2 Å². The smallest absolute Gasteiger partial charge is 0.0316 e. The SMILES string of the molecule is CCN(CC)CC1CCCc2cc(N)ccc21. The minimum absolute atomic E-state index is 0.708. The summed E-state index contributed by atoms with van der Waals surface area (Å²) in [5.74, 6) is 0.708. The summed E-state index contributed by atoms with van der Waals surface area (Å²) in [7, 11) is 0. The molecule has 0 spiro atoms. The van der Waals surface area contributed by atoms with Crippen molar-refractivity contribution in [2.24, 2.45) is 0 Å². The average Bonchev–Trinajstić information content (AvgIpc) is 2.35. The number of benzene rings is 1. The lowest BCUT2D eigenvalue weighted by Crippen LogP contribution is -2.29. The molecular weight excluding hydrogens is 208 g/mol. The first-order chi connectivity index (χ1) is 8.24. The predicted octanol–water partition coefficient (Wildman–Crippen LogP) is 3.03. The normalized spacial score (nSPS) is 19.4. The minimum atomic E-state index is 0.708. The van der Waals surface area contributed by atoms with E-state index in [1.54, 1.807) is 0 Å². The van der Waals surface area contributed by atoms with Crippen LogP contribution in [0.25, 0.3) is 0 Å². The van der Waals surface area contributed by atoms with Gasteiger partial charge in [-0.1, -0.05) is 19.9 Å². The van der Waals surface area contributed by atoms with Crippen LogP contribution in [-0.2, 0) is 6.42 Å². The number of nitrogen functional groups attached to an aromatic ring is 1. The quantitative estimate of drug-likeness (QED) is 0.809. The van der Waals surface area contributed by atoms with Crippen molar-refractivity contribution < 1.29 is 0 Å². The summed E-state index contributed by atoms with van der Waals surface area (Å²) < 4.78 is 0. The number of hydrogen-bond donors (Lipinski definition) is 1. The van der Waals surface area contributed by atoms with E-state index < -0.39 is 0 Å². The van der Waals surface area contributed by atoms with Gasteiger partial charge < -0.3 is 10.6 Å². The van der Waals surface area contributed by atoms with Crippen molar-refractivity contribution in [1.82, 2.24) is 4.90 Å². The fourth-order valence-corrected chi connectivity index (χ4v) is 2.92. The summed E-state index contributed by atoms with van der Waals surface area (Å²) in [6.07, 6.45) is 3.84. The van der Waals surface area contributed by atoms with Gasteiger partial charge in [-0.05, 0) is 61.5 Å². The highest BCUT2D eigenvalue weighted by Crippen LogP contribution is 2.33. The van der Waals surface area contributed by atoms with Gasteiger partial charge >= 0.3 is 0 Å². The maximum Gasteiger partial charge on any atom is 0.0316 e. The van der Waals surface area contributed by atoms with Gasteiger partial charge in [0.15, 0.2) is 0 Å². The molecule has 1 aliphatic carbocycles. The third-order valence-corrected chi connectivity index (χ3v) is 3.98. The molecule has 0 saturated carbocycles. The molecule has 1 atom stereocenters. The van der Waals surface area contributed by atoms with E-state index in [1.165, 1.54) is 36.9 Å². The summed E-state index contributed by atoms with van der Waals surface area (Å²) >= 11 is 0. The van der Waals surface area contributed by atoms with Gasteiger partial charge in [0.05, 0.1) is 0 Å². The molecule has 1 aromatic carbocycles. The topological polar surface area (TPSA) is 29.3 Å². The van der Waals surface area contributed by atoms with E-state index in [2.05, 4.69) is 36.9 Å². The zero-order valence-corrected chi connectivity index (χ0v) is 11.1. The van der Waals surface area contributed by atoms with E-state index in [1.807, 2.05) is 0 Å². The molecule has 2 nitrogen and oxygen atoms in total. The number of nitrogens with zero attached hydrogens (tertiary/aromatic N) is 1. The molecule has 0 amide bonds. The highest BCUT2D eigenvalue weighted by Gasteiger charge is 2.21.